The van der Waals surface area contributed by atoms with Crippen molar-refractivity contribution in [1.29, 1.82) is 0 Å². The molecule has 1 unspecified atom stereocenters. The molecule has 2 amide bonds. The molecule has 0 saturated carbocycles. The first-order chi connectivity index (χ1) is 14.0. The molecule has 29 heavy (non-hydrogen) atoms. The molecule has 0 radical (unpaired) electrons. The third-order valence-corrected chi connectivity index (χ3v) is 5.19. The molecule has 3 heterocycles. The Labute approximate surface area is 167 Å². The van der Waals surface area contributed by atoms with E-state index in [0.717, 1.165) is 18.4 Å². The smallest absolute Gasteiger partial charge is 0.419 e. The fourth-order valence-electron chi connectivity index (χ4n) is 3.73. The molecular weight excluding hydrogens is 374 g/mol. The van der Waals surface area contributed by atoms with Gasteiger partial charge in [-0.3, -0.25) is 14.2 Å². The lowest BCUT2D eigenvalue weighted by molar-refractivity contribution is -0.122. The molecule has 1 fully saturated rings. The van der Waals surface area contributed by atoms with Gasteiger partial charge in [-0.1, -0.05) is 6.07 Å². The monoisotopic (exact) mass is 397 g/mol. The first kappa shape index (κ1) is 19.0. The highest BCUT2D eigenvalue weighted by molar-refractivity contribution is 5.91. The zero-order valence-electron chi connectivity index (χ0n) is 16.2. The number of aryl methyl sites for hydroxylation is 2. The van der Waals surface area contributed by atoms with Gasteiger partial charge in [0.05, 0.1) is 11.8 Å². The standard InChI is InChI=1S/C21H23N3O5/c1-14-6-7-17-16(12-14)24(21(27)29-17)10-8-19(25)22-15-4-2-9-23(13-15)20(26)18-5-3-11-28-18/h3,5-7,11-12,15H,2,4,8-10,13H2,1H3,(H,22,25). The minimum atomic E-state index is -0.466. The normalized spacial score (nSPS) is 16.9. The summed E-state index contributed by atoms with van der Waals surface area (Å²) >= 11 is 0. The van der Waals surface area contributed by atoms with Gasteiger partial charge >= 0.3 is 5.76 Å². The van der Waals surface area contributed by atoms with Crippen LogP contribution < -0.4 is 11.1 Å². The minimum Gasteiger partial charge on any atom is -0.459 e. The second-order valence-electron chi connectivity index (χ2n) is 7.38. The second kappa shape index (κ2) is 7.98. The van der Waals surface area contributed by atoms with E-state index in [1.54, 1.807) is 23.1 Å². The fraction of sp³-hybridized carbons (Fsp3) is 0.381. The zero-order valence-corrected chi connectivity index (χ0v) is 16.2. The summed E-state index contributed by atoms with van der Waals surface area (Å²) < 4.78 is 11.9. The van der Waals surface area contributed by atoms with Crippen LogP contribution in [0.3, 0.4) is 0 Å². The second-order valence-corrected chi connectivity index (χ2v) is 7.38. The quantitative estimate of drug-likeness (QED) is 0.712. The maximum Gasteiger partial charge on any atom is 0.419 e. The average Bonchev–Trinajstić information content (AvgIpc) is 3.34. The summed E-state index contributed by atoms with van der Waals surface area (Å²) in [4.78, 5) is 38.7. The molecule has 0 bridgehead atoms. The Bertz CT molecular complexity index is 1080. The lowest BCUT2D eigenvalue weighted by Crippen LogP contribution is -2.49. The molecule has 3 aromatic rings. The van der Waals surface area contributed by atoms with E-state index < -0.39 is 5.76 Å². The summed E-state index contributed by atoms with van der Waals surface area (Å²) in [6, 6.07) is 8.71. The summed E-state index contributed by atoms with van der Waals surface area (Å²) in [5, 5.41) is 2.98. The fourth-order valence-corrected chi connectivity index (χ4v) is 3.73. The number of likely N-dealkylation sites (tertiary alicyclic amines) is 1. The highest BCUT2D eigenvalue weighted by Crippen LogP contribution is 2.16. The summed E-state index contributed by atoms with van der Waals surface area (Å²) in [5.74, 6) is -0.485. The SMILES string of the molecule is Cc1ccc2oc(=O)n(CCC(=O)NC3CCCN(C(=O)c4ccco4)C3)c2c1. The number of furan rings is 1. The Morgan fingerprint density at radius 3 is 2.93 bits per heavy atom. The van der Waals surface area contributed by atoms with Crippen molar-refractivity contribution >= 4 is 22.9 Å². The van der Waals surface area contributed by atoms with Crippen LogP contribution in [0.1, 0.15) is 35.4 Å². The van der Waals surface area contributed by atoms with Crippen LogP contribution in [0, 0.1) is 6.92 Å². The van der Waals surface area contributed by atoms with Gasteiger partial charge in [-0.25, -0.2) is 4.79 Å². The molecule has 4 rings (SSSR count). The van der Waals surface area contributed by atoms with E-state index in [1.807, 2.05) is 19.1 Å². The molecule has 1 aliphatic heterocycles. The molecule has 0 aliphatic carbocycles. The summed E-state index contributed by atoms with van der Waals surface area (Å²) in [7, 11) is 0. The third-order valence-electron chi connectivity index (χ3n) is 5.19. The van der Waals surface area contributed by atoms with Crippen LogP contribution >= 0.6 is 0 Å². The van der Waals surface area contributed by atoms with Crippen LogP contribution in [0.25, 0.3) is 11.1 Å². The molecule has 8 nitrogen and oxygen atoms in total. The van der Waals surface area contributed by atoms with Crippen LogP contribution in [0.15, 0.2) is 50.2 Å². The molecular formula is C21H23N3O5. The van der Waals surface area contributed by atoms with Crippen LogP contribution in [-0.2, 0) is 11.3 Å². The van der Waals surface area contributed by atoms with Gasteiger partial charge in [-0.05, 0) is 49.6 Å². The Hall–Kier alpha value is -3.29. The van der Waals surface area contributed by atoms with Crippen LogP contribution in [0.2, 0.25) is 0 Å². The van der Waals surface area contributed by atoms with Crippen molar-refractivity contribution in [3.63, 3.8) is 0 Å². The summed E-state index contributed by atoms with van der Waals surface area (Å²) in [6.45, 7) is 3.26. The van der Waals surface area contributed by atoms with E-state index in [2.05, 4.69) is 5.32 Å². The highest BCUT2D eigenvalue weighted by Gasteiger charge is 2.26. The Kier molecular flexibility index (Phi) is 5.24. The van der Waals surface area contributed by atoms with Crippen LogP contribution in [0.4, 0.5) is 0 Å². The lowest BCUT2D eigenvalue weighted by atomic mass is 10.1. The van der Waals surface area contributed by atoms with Gasteiger partial charge in [0.2, 0.25) is 5.91 Å². The lowest BCUT2D eigenvalue weighted by Gasteiger charge is -2.32. The van der Waals surface area contributed by atoms with E-state index in [1.165, 1.54) is 10.8 Å². The molecule has 8 heteroatoms. The summed E-state index contributed by atoms with van der Waals surface area (Å²) in [5.41, 5.74) is 2.22. The Morgan fingerprint density at radius 2 is 2.14 bits per heavy atom. The van der Waals surface area contributed by atoms with Gasteiger partial charge in [0.25, 0.3) is 5.91 Å². The van der Waals surface area contributed by atoms with Crippen molar-refractivity contribution in [2.45, 2.75) is 38.8 Å². The van der Waals surface area contributed by atoms with E-state index in [0.29, 0.717) is 29.9 Å². The van der Waals surface area contributed by atoms with Crippen molar-refractivity contribution in [3.05, 3.63) is 58.5 Å². The van der Waals surface area contributed by atoms with Gasteiger partial charge in [0, 0.05) is 32.1 Å². The van der Waals surface area contributed by atoms with Crippen LogP contribution in [0.5, 0.6) is 0 Å². The Morgan fingerprint density at radius 1 is 1.28 bits per heavy atom. The van der Waals surface area contributed by atoms with Gasteiger partial charge < -0.3 is 19.1 Å². The van der Waals surface area contributed by atoms with Crippen molar-refractivity contribution in [2.75, 3.05) is 13.1 Å². The predicted octanol–water partition coefficient (Wildman–Crippen LogP) is 2.31. The van der Waals surface area contributed by atoms with Crippen molar-refractivity contribution in [3.8, 4) is 0 Å². The number of rotatable bonds is 5. The molecule has 0 spiro atoms. The first-order valence-corrected chi connectivity index (χ1v) is 9.73. The number of oxazole rings is 1. The highest BCUT2D eigenvalue weighted by atomic mass is 16.4. The molecule has 1 N–H and O–H groups in total. The van der Waals surface area contributed by atoms with E-state index in [-0.39, 0.29) is 30.8 Å². The first-order valence-electron chi connectivity index (χ1n) is 9.73. The number of nitrogens with one attached hydrogen (secondary N) is 1. The number of carbonyl (C=O) groups is 2. The van der Waals surface area contributed by atoms with E-state index >= 15 is 0 Å². The number of amides is 2. The number of fused-ring (bicyclic) bond motifs is 1. The number of piperidine rings is 1. The topological polar surface area (TPSA) is 97.7 Å². The molecule has 1 saturated heterocycles. The maximum atomic E-state index is 12.4. The average molecular weight is 397 g/mol. The van der Waals surface area contributed by atoms with Gasteiger partial charge in [-0.15, -0.1) is 0 Å². The van der Waals surface area contributed by atoms with Crippen molar-refractivity contribution < 1.29 is 18.4 Å². The van der Waals surface area contributed by atoms with E-state index in [9.17, 15) is 14.4 Å². The van der Waals surface area contributed by atoms with Crippen LogP contribution in [-0.4, -0.2) is 40.4 Å². The number of aromatic nitrogens is 1. The van der Waals surface area contributed by atoms with Gasteiger partial charge in [0.15, 0.2) is 11.3 Å². The number of carbonyl (C=O) groups excluding carboxylic acids is 2. The van der Waals surface area contributed by atoms with Gasteiger partial charge in [0.1, 0.15) is 0 Å². The molecule has 1 atom stereocenters. The van der Waals surface area contributed by atoms with Crippen molar-refractivity contribution in [1.82, 2.24) is 14.8 Å². The number of hydrogen-bond acceptors (Lipinski definition) is 5. The van der Waals surface area contributed by atoms with Crippen molar-refractivity contribution in [2.24, 2.45) is 0 Å². The number of hydrogen-bond donors (Lipinski definition) is 1. The molecule has 1 aromatic carbocycles. The molecule has 2 aromatic heterocycles. The zero-order chi connectivity index (χ0) is 20.4. The third kappa shape index (κ3) is 4.11. The number of nitrogens with zero attached hydrogens (tertiary/aromatic N) is 2. The molecule has 1 aliphatic rings. The largest absolute Gasteiger partial charge is 0.459 e. The predicted molar refractivity (Wildman–Crippen MR) is 106 cm³/mol. The van der Waals surface area contributed by atoms with Gasteiger partial charge in [-0.2, -0.15) is 0 Å². The minimum absolute atomic E-state index is 0.116. The maximum absolute atomic E-state index is 12.4. The summed E-state index contributed by atoms with van der Waals surface area (Å²) in [6.07, 6.45) is 3.24. The molecule has 152 valence electrons. The Balaban J connectivity index is 1.35. The number of benzene rings is 1. The van der Waals surface area contributed by atoms with E-state index in [4.69, 9.17) is 8.83 Å².